The standard InChI is InChI=1S/C28H29N7O2S/c1-19(2)15-34-26-24(27(36)33(28(34)37)14-13-32-12-10-29-18-32)25(22-8-6-11-31(22)3)35(30-26)16-20-17-38-23-9-5-4-7-21(20)23/h4-12,17-19H,13-16H2,1-3H3. The van der Waals surface area contributed by atoms with Gasteiger partial charge in [-0.3, -0.25) is 18.6 Å². The number of hydrogen-bond acceptors (Lipinski definition) is 5. The average Bonchev–Trinajstić information content (AvgIpc) is 3.69. The summed E-state index contributed by atoms with van der Waals surface area (Å²) in [5.41, 5.74) is 2.51. The molecule has 10 heteroatoms. The predicted octanol–water partition coefficient (Wildman–Crippen LogP) is 4.18. The van der Waals surface area contributed by atoms with Crippen LogP contribution in [0.4, 0.5) is 0 Å². The number of imidazole rings is 1. The molecule has 0 aliphatic heterocycles. The minimum atomic E-state index is -0.333. The monoisotopic (exact) mass is 527 g/mol. The molecule has 0 aliphatic rings. The van der Waals surface area contributed by atoms with Gasteiger partial charge < -0.3 is 9.13 Å². The highest BCUT2D eigenvalue weighted by Gasteiger charge is 2.25. The Morgan fingerprint density at radius 2 is 1.84 bits per heavy atom. The van der Waals surface area contributed by atoms with Crippen molar-refractivity contribution in [2.75, 3.05) is 0 Å². The molecule has 0 amide bonds. The zero-order valence-electron chi connectivity index (χ0n) is 21.6. The van der Waals surface area contributed by atoms with Crippen molar-refractivity contribution >= 4 is 32.5 Å². The molecule has 6 aromatic rings. The second-order valence-electron chi connectivity index (χ2n) is 10.0. The van der Waals surface area contributed by atoms with Crippen LogP contribution in [0.25, 0.3) is 32.5 Å². The minimum Gasteiger partial charge on any atom is -0.349 e. The van der Waals surface area contributed by atoms with Crippen molar-refractivity contribution in [3.63, 3.8) is 0 Å². The van der Waals surface area contributed by atoms with Crippen molar-refractivity contribution in [1.82, 2.24) is 33.0 Å². The Labute approximate surface area is 222 Å². The van der Waals surface area contributed by atoms with Crippen LogP contribution in [-0.4, -0.2) is 33.0 Å². The molecule has 0 bridgehead atoms. The molecule has 0 N–H and O–H groups in total. The third-order valence-electron chi connectivity index (χ3n) is 6.87. The highest BCUT2D eigenvalue weighted by Crippen LogP contribution is 2.31. The Kier molecular flexibility index (Phi) is 6.11. The van der Waals surface area contributed by atoms with E-state index in [0.717, 1.165) is 17.0 Å². The van der Waals surface area contributed by atoms with Crippen molar-refractivity contribution in [3.05, 3.63) is 93.1 Å². The lowest BCUT2D eigenvalue weighted by Gasteiger charge is -2.13. The highest BCUT2D eigenvalue weighted by molar-refractivity contribution is 7.17. The van der Waals surface area contributed by atoms with E-state index in [1.165, 1.54) is 14.7 Å². The van der Waals surface area contributed by atoms with E-state index < -0.39 is 0 Å². The Balaban J connectivity index is 1.61. The Morgan fingerprint density at radius 1 is 1.00 bits per heavy atom. The van der Waals surface area contributed by atoms with E-state index in [1.54, 1.807) is 28.4 Å². The number of hydrogen-bond donors (Lipinski definition) is 0. The summed E-state index contributed by atoms with van der Waals surface area (Å²) in [5.74, 6) is 0.194. The van der Waals surface area contributed by atoms with Gasteiger partial charge in [-0.1, -0.05) is 32.0 Å². The lowest BCUT2D eigenvalue weighted by molar-refractivity contribution is 0.471. The Hall–Kier alpha value is -4.18. The molecule has 0 atom stereocenters. The first-order chi connectivity index (χ1) is 18.4. The average molecular weight is 528 g/mol. The maximum absolute atomic E-state index is 14.1. The Bertz CT molecular complexity index is 1860. The quantitative estimate of drug-likeness (QED) is 0.297. The van der Waals surface area contributed by atoms with Gasteiger partial charge in [-0.2, -0.15) is 5.10 Å². The van der Waals surface area contributed by atoms with Gasteiger partial charge in [0, 0.05) is 50.0 Å². The van der Waals surface area contributed by atoms with E-state index in [-0.39, 0.29) is 23.7 Å². The molecule has 0 unspecified atom stereocenters. The van der Waals surface area contributed by atoms with Crippen molar-refractivity contribution in [1.29, 1.82) is 0 Å². The van der Waals surface area contributed by atoms with Crippen molar-refractivity contribution in [2.45, 2.75) is 40.0 Å². The molecule has 0 spiro atoms. The van der Waals surface area contributed by atoms with Crippen molar-refractivity contribution in [2.24, 2.45) is 13.0 Å². The summed E-state index contributed by atoms with van der Waals surface area (Å²) < 4.78 is 9.98. The van der Waals surface area contributed by atoms with Crippen LogP contribution >= 0.6 is 11.3 Å². The maximum atomic E-state index is 14.1. The molecule has 9 nitrogen and oxygen atoms in total. The summed E-state index contributed by atoms with van der Waals surface area (Å²) in [6.07, 6.45) is 7.17. The van der Waals surface area contributed by atoms with Gasteiger partial charge in [0.2, 0.25) is 0 Å². The molecule has 5 aromatic heterocycles. The molecule has 6 rings (SSSR count). The third kappa shape index (κ3) is 4.10. The summed E-state index contributed by atoms with van der Waals surface area (Å²) in [6.45, 7) is 5.79. The molecule has 0 aliphatic carbocycles. The molecule has 194 valence electrons. The SMILES string of the molecule is CC(C)Cn1c(=O)n(CCn2ccnc2)c(=O)c2c(-c3cccn3C)n(Cc3csc4ccccc34)nc21. The van der Waals surface area contributed by atoms with E-state index in [4.69, 9.17) is 5.10 Å². The molecule has 38 heavy (non-hydrogen) atoms. The van der Waals surface area contributed by atoms with Crippen molar-refractivity contribution in [3.8, 4) is 11.4 Å². The first kappa shape index (κ1) is 24.2. The van der Waals surface area contributed by atoms with Crippen LogP contribution in [0, 0.1) is 5.92 Å². The highest BCUT2D eigenvalue weighted by atomic mass is 32.1. The normalized spacial score (nSPS) is 11.9. The zero-order valence-corrected chi connectivity index (χ0v) is 22.4. The zero-order chi connectivity index (χ0) is 26.4. The second kappa shape index (κ2) is 9.60. The van der Waals surface area contributed by atoms with Crippen LogP contribution in [0.15, 0.2) is 76.3 Å². The fraction of sp³-hybridized carbons (Fsp3) is 0.286. The van der Waals surface area contributed by atoms with Gasteiger partial charge in [-0.25, -0.2) is 9.78 Å². The van der Waals surface area contributed by atoms with Gasteiger partial charge in [0.25, 0.3) is 5.56 Å². The van der Waals surface area contributed by atoms with Crippen molar-refractivity contribution < 1.29 is 0 Å². The third-order valence-corrected chi connectivity index (χ3v) is 7.88. The van der Waals surface area contributed by atoms with Crippen LogP contribution in [-0.2, 0) is 33.2 Å². The van der Waals surface area contributed by atoms with Gasteiger partial charge in [-0.15, -0.1) is 11.3 Å². The number of aromatic nitrogens is 7. The smallest absolute Gasteiger partial charge is 0.332 e. The first-order valence-electron chi connectivity index (χ1n) is 12.7. The van der Waals surface area contributed by atoms with Gasteiger partial charge in [0.05, 0.1) is 18.6 Å². The fourth-order valence-corrected chi connectivity index (χ4v) is 6.01. The molecule has 0 saturated carbocycles. The lowest BCUT2D eigenvalue weighted by atomic mass is 10.1. The second-order valence-corrected chi connectivity index (χ2v) is 10.9. The number of rotatable bonds is 8. The van der Waals surface area contributed by atoms with E-state index >= 15 is 0 Å². The summed E-state index contributed by atoms with van der Waals surface area (Å²) in [5, 5.41) is 8.75. The Morgan fingerprint density at radius 3 is 2.58 bits per heavy atom. The summed E-state index contributed by atoms with van der Waals surface area (Å²) >= 11 is 1.70. The number of nitrogens with zero attached hydrogens (tertiary/aromatic N) is 7. The van der Waals surface area contributed by atoms with Crippen LogP contribution < -0.4 is 11.2 Å². The van der Waals surface area contributed by atoms with Crippen LogP contribution in [0.2, 0.25) is 0 Å². The minimum absolute atomic E-state index is 0.194. The van der Waals surface area contributed by atoms with E-state index in [1.807, 2.05) is 57.5 Å². The van der Waals surface area contributed by atoms with E-state index in [9.17, 15) is 9.59 Å². The number of benzene rings is 1. The topological polar surface area (TPSA) is 84.6 Å². The largest absolute Gasteiger partial charge is 0.349 e. The van der Waals surface area contributed by atoms with Gasteiger partial charge in [0.1, 0.15) is 11.1 Å². The summed E-state index contributed by atoms with van der Waals surface area (Å²) in [4.78, 5) is 31.9. The molecule has 5 heterocycles. The fourth-order valence-electron chi connectivity index (χ4n) is 5.05. The molecule has 0 radical (unpaired) electrons. The van der Waals surface area contributed by atoms with Gasteiger partial charge >= 0.3 is 5.69 Å². The van der Waals surface area contributed by atoms with Crippen LogP contribution in [0.3, 0.4) is 0 Å². The number of thiophene rings is 1. The summed E-state index contributed by atoms with van der Waals surface area (Å²) in [6, 6.07) is 12.3. The summed E-state index contributed by atoms with van der Waals surface area (Å²) in [7, 11) is 1.96. The van der Waals surface area contributed by atoms with Crippen LogP contribution in [0.1, 0.15) is 19.4 Å². The van der Waals surface area contributed by atoms with E-state index in [2.05, 4.69) is 36.3 Å². The molecule has 0 saturated heterocycles. The molecular formula is C28H29N7O2S. The first-order valence-corrected chi connectivity index (χ1v) is 13.6. The van der Waals surface area contributed by atoms with Crippen LogP contribution in [0.5, 0.6) is 0 Å². The van der Waals surface area contributed by atoms with Gasteiger partial charge in [-0.05, 0) is 40.4 Å². The molecular weight excluding hydrogens is 498 g/mol. The predicted molar refractivity (Wildman–Crippen MR) is 151 cm³/mol. The number of aryl methyl sites for hydroxylation is 2. The van der Waals surface area contributed by atoms with Gasteiger partial charge in [0.15, 0.2) is 5.65 Å². The molecule has 1 aromatic carbocycles. The maximum Gasteiger partial charge on any atom is 0.332 e. The molecule has 0 fully saturated rings. The lowest BCUT2D eigenvalue weighted by Crippen LogP contribution is -2.41. The van der Waals surface area contributed by atoms with E-state index in [0.29, 0.717) is 30.7 Å². The number of fused-ring (bicyclic) bond motifs is 2.